The first-order chi connectivity index (χ1) is 14.1. The molecule has 1 spiro atoms. The van der Waals surface area contributed by atoms with E-state index in [2.05, 4.69) is 6.92 Å². The summed E-state index contributed by atoms with van der Waals surface area (Å²) in [7, 11) is 0. The van der Waals surface area contributed by atoms with Crippen LogP contribution in [-0.4, -0.2) is 39.0 Å². The Labute approximate surface area is 175 Å². The number of aliphatic hydroxyl groups excluding tert-OH is 1. The van der Waals surface area contributed by atoms with E-state index in [1.807, 2.05) is 13.8 Å². The summed E-state index contributed by atoms with van der Waals surface area (Å²) < 4.78 is 6.66. The average Bonchev–Trinajstić information content (AvgIpc) is 3.11. The van der Waals surface area contributed by atoms with Gasteiger partial charge in [0.25, 0.3) is 0 Å². The number of aliphatic hydroxyl groups is 1. The predicted molar refractivity (Wildman–Crippen MR) is 111 cm³/mol. The fraction of sp³-hybridized carbons (Fsp3) is 0.417. The lowest BCUT2D eigenvalue weighted by molar-refractivity contribution is -0.156. The van der Waals surface area contributed by atoms with E-state index >= 15 is 0 Å². The Kier molecular flexibility index (Phi) is 4.66. The number of aromatic carboxylic acids is 2. The Morgan fingerprint density at radius 1 is 1.00 bits per heavy atom. The van der Waals surface area contributed by atoms with E-state index in [1.165, 1.54) is 12.1 Å². The quantitative estimate of drug-likeness (QED) is 0.699. The number of ether oxygens (including phenoxy) is 1. The Balaban J connectivity index is 1.87. The molecule has 2 aromatic rings. The summed E-state index contributed by atoms with van der Waals surface area (Å²) in [4.78, 5) is 23.0. The van der Waals surface area contributed by atoms with Gasteiger partial charge in [-0.1, -0.05) is 32.9 Å². The van der Waals surface area contributed by atoms with Crippen molar-refractivity contribution in [2.45, 2.75) is 51.7 Å². The summed E-state index contributed by atoms with van der Waals surface area (Å²) >= 11 is 0. The third kappa shape index (κ3) is 2.89. The van der Waals surface area contributed by atoms with Gasteiger partial charge in [-0.3, -0.25) is 0 Å². The molecule has 3 atom stereocenters. The van der Waals surface area contributed by atoms with E-state index in [0.717, 1.165) is 12.0 Å². The number of rotatable bonds is 3. The molecule has 1 aliphatic heterocycles. The largest absolute Gasteiger partial charge is 0.485 e. The van der Waals surface area contributed by atoms with Crippen molar-refractivity contribution in [3.8, 4) is 16.9 Å². The Hall–Kier alpha value is -2.86. The molecule has 0 bridgehead atoms. The van der Waals surface area contributed by atoms with Crippen LogP contribution in [-0.2, 0) is 6.42 Å². The third-order valence-corrected chi connectivity index (χ3v) is 7.19. The normalized spacial score (nSPS) is 26.8. The second-order valence-corrected chi connectivity index (χ2v) is 9.08. The van der Waals surface area contributed by atoms with Gasteiger partial charge in [0.1, 0.15) is 11.4 Å². The van der Waals surface area contributed by atoms with Crippen molar-refractivity contribution in [2.75, 3.05) is 0 Å². The Morgan fingerprint density at radius 2 is 1.63 bits per heavy atom. The molecule has 0 amide bonds. The van der Waals surface area contributed by atoms with Crippen LogP contribution in [0.5, 0.6) is 5.75 Å². The molecular formula is C24H26O6. The molecule has 0 aromatic heterocycles. The van der Waals surface area contributed by atoms with Crippen molar-refractivity contribution in [1.29, 1.82) is 0 Å². The highest BCUT2D eigenvalue weighted by Crippen LogP contribution is 2.57. The summed E-state index contributed by atoms with van der Waals surface area (Å²) in [5, 5.41) is 29.6. The molecule has 6 heteroatoms. The summed E-state index contributed by atoms with van der Waals surface area (Å²) in [5.41, 5.74) is 1.29. The lowest BCUT2D eigenvalue weighted by Crippen LogP contribution is -2.61. The molecule has 0 unspecified atom stereocenters. The predicted octanol–water partition coefficient (Wildman–Crippen LogP) is 4.24. The number of fused-ring (bicyclic) bond motifs is 1. The molecule has 1 fully saturated rings. The van der Waals surface area contributed by atoms with Gasteiger partial charge in [-0.15, -0.1) is 0 Å². The van der Waals surface area contributed by atoms with E-state index < -0.39 is 29.1 Å². The maximum absolute atomic E-state index is 11.8. The van der Waals surface area contributed by atoms with Crippen LogP contribution in [0.3, 0.4) is 0 Å². The van der Waals surface area contributed by atoms with E-state index in [0.29, 0.717) is 29.7 Å². The molecule has 1 heterocycles. The number of carboxylic acids is 2. The minimum atomic E-state index is -1.03. The topological polar surface area (TPSA) is 104 Å². The fourth-order valence-electron chi connectivity index (χ4n) is 5.13. The smallest absolute Gasteiger partial charge is 0.335 e. The first-order valence-electron chi connectivity index (χ1n) is 10.2. The monoisotopic (exact) mass is 410 g/mol. The summed E-state index contributed by atoms with van der Waals surface area (Å²) in [6, 6.07) is 9.57. The zero-order chi connectivity index (χ0) is 21.8. The molecule has 4 rings (SSSR count). The zero-order valence-corrected chi connectivity index (χ0v) is 17.3. The van der Waals surface area contributed by atoms with Crippen LogP contribution in [0.4, 0.5) is 0 Å². The van der Waals surface area contributed by atoms with Crippen LogP contribution in [0.1, 0.15) is 59.9 Å². The van der Waals surface area contributed by atoms with E-state index in [4.69, 9.17) is 9.84 Å². The number of carboxylic acid groups (broad SMARTS) is 2. The lowest BCUT2D eigenvalue weighted by atomic mass is 9.58. The standard InChI is InChI=1S/C24H26O6/c1-13-4-9-19(25)23(2,3)24(13)12-17-10-16(22(28)29)11-18(20(17)30-24)14-5-7-15(8-6-14)21(26)27/h5-8,10-11,13,19,25H,4,9,12H2,1-3H3,(H,26,27)(H,28,29)/t13-,19+,24+/m1/s1. The molecule has 1 aliphatic carbocycles. The first-order valence-corrected chi connectivity index (χ1v) is 10.2. The maximum Gasteiger partial charge on any atom is 0.335 e. The van der Waals surface area contributed by atoms with Crippen molar-refractivity contribution < 1.29 is 29.6 Å². The molecule has 0 saturated heterocycles. The third-order valence-electron chi connectivity index (χ3n) is 7.19. The summed E-state index contributed by atoms with van der Waals surface area (Å²) in [5.74, 6) is -1.25. The summed E-state index contributed by atoms with van der Waals surface area (Å²) in [6.07, 6.45) is 1.54. The van der Waals surface area contributed by atoms with Gasteiger partial charge in [-0.25, -0.2) is 9.59 Å². The van der Waals surface area contributed by atoms with Gasteiger partial charge in [-0.2, -0.15) is 0 Å². The zero-order valence-electron chi connectivity index (χ0n) is 17.3. The van der Waals surface area contributed by atoms with Gasteiger partial charge in [0.15, 0.2) is 0 Å². The highest BCUT2D eigenvalue weighted by atomic mass is 16.5. The molecular weight excluding hydrogens is 384 g/mol. The van der Waals surface area contributed by atoms with Crippen LogP contribution >= 0.6 is 0 Å². The molecule has 1 saturated carbocycles. The van der Waals surface area contributed by atoms with Gasteiger partial charge in [-0.05, 0) is 54.2 Å². The van der Waals surface area contributed by atoms with Crippen LogP contribution in [0.2, 0.25) is 0 Å². The van der Waals surface area contributed by atoms with Gasteiger partial charge < -0.3 is 20.1 Å². The van der Waals surface area contributed by atoms with Gasteiger partial charge in [0.05, 0.1) is 17.2 Å². The Bertz CT molecular complexity index is 1020. The van der Waals surface area contributed by atoms with Gasteiger partial charge in [0.2, 0.25) is 0 Å². The van der Waals surface area contributed by atoms with Crippen molar-refractivity contribution in [2.24, 2.45) is 11.3 Å². The van der Waals surface area contributed by atoms with Crippen LogP contribution in [0.15, 0.2) is 36.4 Å². The number of hydrogen-bond acceptors (Lipinski definition) is 4. The SMILES string of the molecule is C[C@@H]1CC[C@H](O)C(C)(C)[C@]12Cc1cc(C(=O)O)cc(-c3ccc(C(=O)O)cc3)c1O2. The van der Waals surface area contributed by atoms with Gasteiger partial charge in [0, 0.05) is 17.4 Å². The van der Waals surface area contributed by atoms with Crippen molar-refractivity contribution in [3.63, 3.8) is 0 Å². The number of carbonyl (C=O) groups is 2. The molecule has 0 radical (unpaired) electrons. The molecule has 3 N–H and O–H groups in total. The average molecular weight is 410 g/mol. The second-order valence-electron chi connectivity index (χ2n) is 9.08. The van der Waals surface area contributed by atoms with E-state index in [1.54, 1.807) is 24.3 Å². The van der Waals surface area contributed by atoms with Crippen LogP contribution in [0.25, 0.3) is 11.1 Å². The van der Waals surface area contributed by atoms with Crippen molar-refractivity contribution in [1.82, 2.24) is 0 Å². The van der Waals surface area contributed by atoms with Crippen LogP contribution in [0, 0.1) is 11.3 Å². The van der Waals surface area contributed by atoms with Crippen molar-refractivity contribution >= 4 is 11.9 Å². The fourth-order valence-corrected chi connectivity index (χ4v) is 5.13. The van der Waals surface area contributed by atoms with E-state index in [9.17, 15) is 19.8 Å². The summed E-state index contributed by atoms with van der Waals surface area (Å²) in [6.45, 7) is 6.15. The van der Waals surface area contributed by atoms with Gasteiger partial charge >= 0.3 is 11.9 Å². The second kappa shape index (κ2) is 6.84. The number of benzene rings is 2. The molecule has 6 nitrogen and oxygen atoms in total. The first kappa shape index (κ1) is 20.4. The Morgan fingerprint density at radius 3 is 2.23 bits per heavy atom. The maximum atomic E-state index is 11.8. The minimum absolute atomic E-state index is 0.160. The molecule has 30 heavy (non-hydrogen) atoms. The highest BCUT2D eigenvalue weighted by molar-refractivity contribution is 5.92. The minimum Gasteiger partial charge on any atom is -0.485 e. The highest BCUT2D eigenvalue weighted by Gasteiger charge is 2.60. The van der Waals surface area contributed by atoms with Crippen molar-refractivity contribution in [3.05, 3.63) is 53.1 Å². The molecule has 158 valence electrons. The molecule has 2 aromatic carbocycles. The number of hydrogen-bond donors (Lipinski definition) is 3. The lowest BCUT2D eigenvalue weighted by Gasteiger charge is -2.53. The van der Waals surface area contributed by atoms with E-state index in [-0.39, 0.29) is 17.0 Å². The molecule has 2 aliphatic rings. The van der Waals surface area contributed by atoms with Crippen LogP contribution < -0.4 is 4.74 Å².